The summed E-state index contributed by atoms with van der Waals surface area (Å²) in [4.78, 5) is 0. The Balaban J connectivity index is 2.68. The highest BCUT2D eigenvalue weighted by Crippen LogP contribution is 2.19. The summed E-state index contributed by atoms with van der Waals surface area (Å²) in [6, 6.07) is 5.04. The predicted molar refractivity (Wildman–Crippen MR) is 62.5 cm³/mol. The average Bonchev–Trinajstić information content (AvgIpc) is 2.11. The fourth-order valence-electron chi connectivity index (χ4n) is 1.68. The molecule has 3 heteroatoms. The molecule has 0 radical (unpaired) electrons. The van der Waals surface area contributed by atoms with Crippen LogP contribution >= 0.6 is 11.6 Å². The van der Waals surface area contributed by atoms with Crippen LogP contribution in [0.4, 0.5) is 4.39 Å². The van der Waals surface area contributed by atoms with Gasteiger partial charge in [0.1, 0.15) is 5.82 Å². The van der Waals surface area contributed by atoms with Gasteiger partial charge in [-0.25, -0.2) is 4.39 Å². The Morgan fingerprint density at radius 1 is 1.40 bits per heavy atom. The van der Waals surface area contributed by atoms with E-state index < -0.39 is 0 Å². The molecule has 1 rings (SSSR count). The molecule has 0 saturated carbocycles. The van der Waals surface area contributed by atoms with E-state index in [0.717, 1.165) is 6.42 Å². The zero-order valence-corrected chi connectivity index (χ0v) is 9.89. The van der Waals surface area contributed by atoms with Gasteiger partial charge in [-0.15, -0.1) is 0 Å². The molecule has 0 aliphatic carbocycles. The molecular formula is C12H17ClFN. The van der Waals surface area contributed by atoms with E-state index in [-0.39, 0.29) is 16.9 Å². The van der Waals surface area contributed by atoms with Crippen molar-refractivity contribution in [1.29, 1.82) is 0 Å². The van der Waals surface area contributed by atoms with E-state index in [1.807, 2.05) is 0 Å². The molecular weight excluding hydrogens is 213 g/mol. The van der Waals surface area contributed by atoms with Crippen LogP contribution in [-0.4, -0.2) is 6.04 Å². The molecule has 0 spiro atoms. The third kappa shape index (κ3) is 3.80. The van der Waals surface area contributed by atoms with Crippen LogP contribution in [-0.2, 0) is 6.42 Å². The summed E-state index contributed by atoms with van der Waals surface area (Å²) in [6.07, 6.45) is 1.44. The van der Waals surface area contributed by atoms with Gasteiger partial charge in [0.15, 0.2) is 0 Å². The second-order valence-electron chi connectivity index (χ2n) is 4.31. The zero-order chi connectivity index (χ0) is 11.4. The topological polar surface area (TPSA) is 26.0 Å². The normalized spacial score (nSPS) is 13.2. The third-order valence-electron chi connectivity index (χ3n) is 2.29. The first-order valence-corrected chi connectivity index (χ1v) is 5.57. The molecule has 1 aromatic rings. The van der Waals surface area contributed by atoms with Gasteiger partial charge in [-0.2, -0.15) is 0 Å². The second-order valence-corrected chi connectivity index (χ2v) is 4.71. The molecule has 15 heavy (non-hydrogen) atoms. The summed E-state index contributed by atoms with van der Waals surface area (Å²) < 4.78 is 13.5. The minimum Gasteiger partial charge on any atom is -0.327 e. The maximum atomic E-state index is 13.5. The lowest BCUT2D eigenvalue weighted by molar-refractivity contribution is 0.485. The lowest BCUT2D eigenvalue weighted by Gasteiger charge is -2.14. The van der Waals surface area contributed by atoms with Crippen LogP contribution in [0.25, 0.3) is 0 Å². The minimum atomic E-state index is -0.335. The number of benzene rings is 1. The van der Waals surface area contributed by atoms with Crippen LogP contribution in [0.5, 0.6) is 0 Å². The summed E-state index contributed by atoms with van der Waals surface area (Å²) >= 11 is 5.69. The van der Waals surface area contributed by atoms with Gasteiger partial charge in [0, 0.05) is 6.04 Å². The van der Waals surface area contributed by atoms with Crippen LogP contribution in [0.15, 0.2) is 18.2 Å². The van der Waals surface area contributed by atoms with Gasteiger partial charge in [0.2, 0.25) is 0 Å². The molecule has 0 amide bonds. The minimum absolute atomic E-state index is 0.00188. The molecule has 0 saturated heterocycles. The number of hydrogen-bond donors (Lipinski definition) is 1. The highest BCUT2D eigenvalue weighted by Gasteiger charge is 2.11. The van der Waals surface area contributed by atoms with Crippen molar-refractivity contribution in [3.63, 3.8) is 0 Å². The van der Waals surface area contributed by atoms with Crippen molar-refractivity contribution in [3.8, 4) is 0 Å². The molecule has 0 aromatic heterocycles. The standard InChI is InChI=1S/C12H17ClFN/c1-8(2)6-10(15)7-9-4-3-5-11(13)12(9)14/h3-5,8,10H,6-7,15H2,1-2H3. The molecule has 0 fully saturated rings. The quantitative estimate of drug-likeness (QED) is 0.842. The van der Waals surface area contributed by atoms with Gasteiger partial charge in [-0.1, -0.05) is 37.6 Å². The first-order chi connectivity index (χ1) is 7.00. The summed E-state index contributed by atoms with van der Waals surface area (Å²) in [5, 5.41) is 0.171. The summed E-state index contributed by atoms with van der Waals surface area (Å²) in [7, 11) is 0. The van der Waals surface area contributed by atoms with Crippen molar-refractivity contribution >= 4 is 11.6 Å². The highest BCUT2D eigenvalue weighted by atomic mass is 35.5. The maximum absolute atomic E-state index is 13.5. The number of hydrogen-bond acceptors (Lipinski definition) is 1. The third-order valence-corrected chi connectivity index (χ3v) is 2.58. The van der Waals surface area contributed by atoms with Crippen molar-refractivity contribution in [1.82, 2.24) is 0 Å². The fourth-order valence-corrected chi connectivity index (χ4v) is 1.87. The van der Waals surface area contributed by atoms with Crippen LogP contribution < -0.4 is 5.73 Å². The van der Waals surface area contributed by atoms with Crippen LogP contribution in [0.1, 0.15) is 25.8 Å². The smallest absolute Gasteiger partial charge is 0.145 e. The molecule has 0 heterocycles. The Labute approximate surface area is 95.4 Å². The van der Waals surface area contributed by atoms with E-state index in [4.69, 9.17) is 17.3 Å². The number of nitrogens with two attached hydrogens (primary N) is 1. The van der Waals surface area contributed by atoms with Gasteiger partial charge in [-0.3, -0.25) is 0 Å². The van der Waals surface area contributed by atoms with E-state index in [2.05, 4.69) is 13.8 Å². The van der Waals surface area contributed by atoms with E-state index in [1.54, 1.807) is 18.2 Å². The van der Waals surface area contributed by atoms with Crippen LogP contribution in [0.3, 0.4) is 0 Å². The fraction of sp³-hybridized carbons (Fsp3) is 0.500. The van der Waals surface area contributed by atoms with Gasteiger partial charge in [-0.05, 0) is 30.4 Å². The zero-order valence-electron chi connectivity index (χ0n) is 9.13. The van der Waals surface area contributed by atoms with Gasteiger partial charge >= 0.3 is 0 Å². The van der Waals surface area contributed by atoms with Crippen molar-refractivity contribution in [2.24, 2.45) is 11.7 Å². The lowest BCUT2D eigenvalue weighted by Crippen LogP contribution is -2.25. The Hall–Kier alpha value is -0.600. The van der Waals surface area contributed by atoms with Crippen molar-refractivity contribution in [2.45, 2.75) is 32.7 Å². The maximum Gasteiger partial charge on any atom is 0.145 e. The Kier molecular flexibility index (Phi) is 4.55. The average molecular weight is 230 g/mol. The molecule has 1 aromatic carbocycles. The molecule has 2 N–H and O–H groups in total. The SMILES string of the molecule is CC(C)CC(N)Cc1cccc(Cl)c1F. The monoisotopic (exact) mass is 229 g/mol. The Morgan fingerprint density at radius 2 is 2.07 bits per heavy atom. The predicted octanol–water partition coefficient (Wildman–Crippen LogP) is 3.40. The first kappa shape index (κ1) is 12.5. The summed E-state index contributed by atoms with van der Waals surface area (Å²) in [5.74, 6) is 0.195. The summed E-state index contributed by atoms with van der Waals surface area (Å²) in [6.45, 7) is 4.21. The molecule has 1 nitrogen and oxygen atoms in total. The lowest BCUT2D eigenvalue weighted by atomic mass is 9.98. The largest absolute Gasteiger partial charge is 0.327 e. The van der Waals surface area contributed by atoms with Crippen molar-refractivity contribution in [3.05, 3.63) is 34.6 Å². The first-order valence-electron chi connectivity index (χ1n) is 5.19. The van der Waals surface area contributed by atoms with Crippen LogP contribution in [0, 0.1) is 11.7 Å². The highest BCUT2D eigenvalue weighted by molar-refractivity contribution is 6.30. The molecule has 0 bridgehead atoms. The number of halogens is 2. The number of rotatable bonds is 4. The van der Waals surface area contributed by atoms with Crippen molar-refractivity contribution in [2.75, 3.05) is 0 Å². The second kappa shape index (κ2) is 5.47. The van der Waals surface area contributed by atoms with Gasteiger partial charge in [0.25, 0.3) is 0 Å². The van der Waals surface area contributed by atoms with E-state index in [1.165, 1.54) is 0 Å². The van der Waals surface area contributed by atoms with E-state index >= 15 is 0 Å². The molecule has 84 valence electrons. The van der Waals surface area contributed by atoms with Crippen LogP contribution in [0.2, 0.25) is 5.02 Å². The van der Waals surface area contributed by atoms with Gasteiger partial charge in [0.05, 0.1) is 5.02 Å². The molecule has 1 atom stereocenters. The summed E-state index contributed by atoms with van der Waals surface area (Å²) in [5.41, 5.74) is 6.52. The molecule has 1 unspecified atom stereocenters. The molecule has 0 aliphatic heterocycles. The Bertz CT molecular complexity index is 325. The van der Waals surface area contributed by atoms with E-state index in [0.29, 0.717) is 17.9 Å². The van der Waals surface area contributed by atoms with Gasteiger partial charge < -0.3 is 5.73 Å². The van der Waals surface area contributed by atoms with E-state index in [9.17, 15) is 4.39 Å². The molecule has 0 aliphatic rings. The van der Waals surface area contributed by atoms with Crippen molar-refractivity contribution < 1.29 is 4.39 Å². The Morgan fingerprint density at radius 3 is 2.67 bits per heavy atom.